The maximum absolute atomic E-state index is 13.1. The molecule has 5 heteroatoms. The van der Waals surface area contributed by atoms with Crippen molar-refractivity contribution < 1.29 is 4.42 Å². The lowest BCUT2D eigenvalue weighted by Gasteiger charge is -2.37. The number of aryl methyl sites for hydroxylation is 2. The van der Waals surface area contributed by atoms with Crippen LogP contribution in [-0.2, 0) is 12.8 Å². The highest BCUT2D eigenvalue weighted by Crippen LogP contribution is 2.44. The molecule has 3 aliphatic rings. The third-order valence-electron chi connectivity index (χ3n) is 6.79. The predicted octanol–water partition coefficient (Wildman–Crippen LogP) is 5.04. The van der Waals surface area contributed by atoms with Gasteiger partial charge in [0, 0.05) is 29.7 Å². The molecule has 31 heavy (non-hydrogen) atoms. The van der Waals surface area contributed by atoms with E-state index in [0.29, 0.717) is 24.0 Å². The van der Waals surface area contributed by atoms with Gasteiger partial charge in [-0.25, -0.2) is 4.79 Å². The van der Waals surface area contributed by atoms with Crippen molar-refractivity contribution in [2.45, 2.75) is 52.4 Å². The molecule has 0 atom stereocenters. The summed E-state index contributed by atoms with van der Waals surface area (Å²) >= 11 is 0. The number of hydrogen-bond donors (Lipinski definition) is 0. The van der Waals surface area contributed by atoms with Gasteiger partial charge in [0.2, 0.25) is 0 Å². The summed E-state index contributed by atoms with van der Waals surface area (Å²) in [7, 11) is 0. The molecule has 0 spiro atoms. The zero-order valence-electron chi connectivity index (χ0n) is 18.0. The van der Waals surface area contributed by atoms with E-state index in [1.165, 1.54) is 16.8 Å². The highest BCUT2D eigenvalue weighted by molar-refractivity contribution is 5.90. The Kier molecular flexibility index (Phi) is 4.52. The Balaban J connectivity index is 1.72. The van der Waals surface area contributed by atoms with Gasteiger partial charge >= 0.3 is 5.63 Å². The summed E-state index contributed by atoms with van der Waals surface area (Å²) in [6.07, 6.45) is 7.42. The normalized spacial score (nSPS) is 19.3. The quantitative estimate of drug-likeness (QED) is 0.485. The number of allylic oxidation sites excluding steroid dienone is 4. The number of hydrogen-bond acceptors (Lipinski definition) is 5. The van der Waals surface area contributed by atoms with Crippen LogP contribution in [0.1, 0.15) is 56.2 Å². The van der Waals surface area contributed by atoms with Crippen molar-refractivity contribution in [1.82, 2.24) is 0 Å². The van der Waals surface area contributed by atoms with E-state index in [-0.39, 0.29) is 16.6 Å². The van der Waals surface area contributed by atoms with Crippen LogP contribution in [0.25, 0.3) is 16.5 Å². The second kappa shape index (κ2) is 7.13. The number of nitrogens with zero attached hydrogens (tertiary/aromatic N) is 3. The molecule has 0 saturated heterocycles. The zero-order valence-corrected chi connectivity index (χ0v) is 18.0. The van der Waals surface area contributed by atoms with E-state index in [2.05, 4.69) is 24.8 Å². The van der Waals surface area contributed by atoms with Crippen molar-refractivity contribution in [2.24, 2.45) is 5.41 Å². The van der Waals surface area contributed by atoms with Crippen LogP contribution in [0.2, 0.25) is 0 Å². The Morgan fingerprint density at radius 1 is 1.10 bits per heavy atom. The molecule has 0 unspecified atom stereocenters. The third kappa shape index (κ3) is 3.26. The second-order valence-corrected chi connectivity index (χ2v) is 9.73. The Hall–Kier alpha value is -3.31. The number of nitriles is 2. The fraction of sp³-hybridized carbons (Fsp3) is 0.423. The van der Waals surface area contributed by atoms with Gasteiger partial charge in [0.25, 0.3) is 0 Å². The molecule has 5 rings (SSSR count). The van der Waals surface area contributed by atoms with Gasteiger partial charge in [0.05, 0.1) is 5.56 Å². The van der Waals surface area contributed by atoms with Gasteiger partial charge in [-0.3, -0.25) is 0 Å². The topological polar surface area (TPSA) is 81.0 Å². The fourth-order valence-electron chi connectivity index (χ4n) is 5.58. The van der Waals surface area contributed by atoms with Crippen molar-refractivity contribution >= 4 is 22.2 Å². The van der Waals surface area contributed by atoms with Crippen LogP contribution in [0.15, 0.2) is 38.6 Å². The molecular weight excluding hydrogens is 386 g/mol. The largest absolute Gasteiger partial charge is 0.422 e. The van der Waals surface area contributed by atoms with Crippen molar-refractivity contribution in [3.63, 3.8) is 0 Å². The zero-order chi connectivity index (χ0) is 21.8. The molecule has 1 aliphatic carbocycles. The predicted molar refractivity (Wildman–Crippen MR) is 121 cm³/mol. The van der Waals surface area contributed by atoms with E-state index >= 15 is 0 Å². The number of anilines is 1. The summed E-state index contributed by atoms with van der Waals surface area (Å²) in [4.78, 5) is 15.6. The average Bonchev–Trinajstić information content (AvgIpc) is 2.74. The maximum Gasteiger partial charge on any atom is 0.343 e. The SMILES string of the molecule is CC1(C)CC(c2cc3cc4c5c(c3oc2=O)CCCN5CCC4)=CC(=C(C#N)C#N)C1. The minimum absolute atomic E-state index is 0.119. The van der Waals surface area contributed by atoms with Crippen molar-refractivity contribution in [3.05, 3.63) is 56.5 Å². The van der Waals surface area contributed by atoms with Gasteiger partial charge in [-0.2, -0.15) is 10.5 Å². The minimum atomic E-state index is -0.338. The van der Waals surface area contributed by atoms with Crippen LogP contribution in [0, 0.1) is 28.1 Å². The molecule has 0 bridgehead atoms. The first kappa shape index (κ1) is 19.6. The molecule has 0 amide bonds. The summed E-state index contributed by atoms with van der Waals surface area (Å²) in [6.45, 7) is 6.35. The van der Waals surface area contributed by atoms with E-state index in [1.807, 2.05) is 24.3 Å². The van der Waals surface area contributed by atoms with Crippen molar-refractivity contribution in [3.8, 4) is 12.1 Å². The lowest BCUT2D eigenvalue weighted by Crippen LogP contribution is -2.34. The van der Waals surface area contributed by atoms with Gasteiger partial charge in [-0.15, -0.1) is 0 Å². The summed E-state index contributed by atoms with van der Waals surface area (Å²) < 4.78 is 5.96. The summed E-state index contributed by atoms with van der Waals surface area (Å²) in [5.41, 5.74) is 6.26. The highest BCUT2D eigenvalue weighted by atomic mass is 16.4. The van der Waals surface area contributed by atoms with Gasteiger partial charge in [0.1, 0.15) is 23.3 Å². The first-order valence-electron chi connectivity index (χ1n) is 11.0. The molecular formula is C26H25N3O2. The Morgan fingerprint density at radius 3 is 2.58 bits per heavy atom. The molecule has 0 fully saturated rings. The Bertz CT molecular complexity index is 1290. The molecule has 0 saturated carbocycles. The van der Waals surface area contributed by atoms with Gasteiger partial charge in [0.15, 0.2) is 0 Å². The van der Waals surface area contributed by atoms with E-state index in [9.17, 15) is 15.3 Å². The van der Waals surface area contributed by atoms with E-state index in [1.54, 1.807) is 0 Å². The molecule has 0 N–H and O–H groups in total. The van der Waals surface area contributed by atoms with Crippen LogP contribution >= 0.6 is 0 Å². The summed E-state index contributed by atoms with van der Waals surface area (Å²) in [5.74, 6) is 0. The first-order valence-corrected chi connectivity index (χ1v) is 11.0. The van der Waals surface area contributed by atoms with Gasteiger partial charge in [-0.05, 0) is 72.8 Å². The lowest BCUT2D eigenvalue weighted by atomic mass is 9.73. The lowest BCUT2D eigenvalue weighted by molar-refractivity contribution is 0.368. The van der Waals surface area contributed by atoms with Crippen LogP contribution in [0.4, 0.5) is 5.69 Å². The summed E-state index contributed by atoms with van der Waals surface area (Å²) in [6, 6.07) is 8.17. The van der Waals surface area contributed by atoms with Crippen molar-refractivity contribution in [2.75, 3.05) is 18.0 Å². The number of fused-ring (bicyclic) bond motifs is 2. The average molecular weight is 412 g/mol. The first-order chi connectivity index (χ1) is 14.9. The Labute approximate surface area is 181 Å². The molecule has 0 radical (unpaired) electrons. The standard InChI is InChI=1S/C26H25N3O2/c1-26(2)12-18(20(14-27)15-28)10-19(13-26)22-11-17-9-16-5-3-7-29-8-4-6-21(23(16)29)24(17)31-25(22)30/h9-11H,3-8,12-13H2,1-2H3. The molecule has 5 nitrogen and oxygen atoms in total. The molecule has 156 valence electrons. The van der Waals surface area contributed by atoms with Crippen LogP contribution in [0.3, 0.4) is 0 Å². The molecule has 2 aliphatic heterocycles. The molecule has 3 heterocycles. The van der Waals surface area contributed by atoms with Crippen molar-refractivity contribution in [1.29, 1.82) is 10.5 Å². The number of rotatable bonds is 1. The summed E-state index contributed by atoms with van der Waals surface area (Å²) in [5, 5.41) is 19.7. The number of benzene rings is 1. The smallest absolute Gasteiger partial charge is 0.343 e. The van der Waals surface area contributed by atoms with E-state index < -0.39 is 0 Å². The monoisotopic (exact) mass is 411 g/mol. The fourth-order valence-corrected chi connectivity index (χ4v) is 5.58. The van der Waals surface area contributed by atoms with Gasteiger partial charge < -0.3 is 9.32 Å². The highest BCUT2D eigenvalue weighted by Gasteiger charge is 2.31. The third-order valence-corrected chi connectivity index (χ3v) is 6.79. The van der Waals surface area contributed by atoms with E-state index in [4.69, 9.17) is 4.42 Å². The Morgan fingerprint density at radius 2 is 1.84 bits per heavy atom. The van der Waals surface area contributed by atoms with Crippen LogP contribution in [0.5, 0.6) is 0 Å². The molecule has 2 aromatic rings. The second-order valence-electron chi connectivity index (χ2n) is 9.73. The van der Waals surface area contributed by atoms with E-state index in [0.717, 1.165) is 55.3 Å². The van der Waals surface area contributed by atoms with Gasteiger partial charge in [-0.1, -0.05) is 19.9 Å². The van der Waals surface area contributed by atoms with Crippen LogP contribution < -0.4 is 10.5 Å². The molecule has 1 aromatic carbocycles. The minimum Gasteiger partial charge on any atom is -0.422 e. The maximum atomic E-state index is 13.1. The van der Waals surface area contributed by atoms with Crippen LogP contribution in [-0.4, -0.2) is 13.1 Å². The molecule has 1 aromatic heterocycles.